The molecule has 0 bridgehead atoms. The number of carbonyl (C=O) groups excluding carboxylic acids is 1. The summed E-state index contributed by atoms with van der Waals surface area (Å²) in [5.41, 5.74) is 3.63. The standard InChI is InChI=1S/C23H27N5OS/c1-4-11-28(3)21-12-17(2)26-23(27-21)30-16-18-7-5-9-20(13-18)22(29)25-15-19-8-6-10-24-14-19/h5-10,12-14H,4,11,15-16H2,1-3H3,(H,25,29). The topological polar surface area (TPSA) is 71.0 Å². The molecule has 2 aromatic heterocycles. The minimum Gasteiger partial charge on any atom is -0.360 e. The van der Waals surface area contributed by atoms with Crippen LogP contribution in [0.15, 0.2) is 60.0 Å². The Hall–Kier alpha value is -2.93. The third-order valence-electron chi connectivity index (χ3n) is 4.50. The summed E-state index contributed by atoms with van der Waals surface area (Å²) in [6.45, 7) is 5.55. The second-order valence-corrected chi connectivity index (χ2v) is 8.05. The number of thioether (sulfide) groups is 1. The van der Waals surface area contributed by atoms with Crippen molar-refractivity contribution in [2.75, 3.05) is 18.5 Å². The van der Waals surface area contributed by atoms with Gasteiger partial charge in [-0.25, -0.2) is 9.97 Å². The molecule has 0 radical (unpaired) electrons. The van der Waals surface area contributed by atoms with Crippen LogP contribution in [0.5, 0.6) is 0 Å². The summed E-state index contributed by atoms with van der Waals surface area (Å²) in [7, 11) is 2.05. The summed E-state index contributed by atoms with van der Waals surface area (Å²) < 4.78 is 0. The quantitative estimate of drug-likeness (QED) is 0.411. The van der Waals surface area contributed by atoms with Gasteiger partial charge < -0.3 is 10.2 Å². The molecule has 7 heteroatoms. The lowest BCUT2D eigenvalue weighted by atomic mass is 10.1. The first-order valence-electron chi connectivity index (χ1n) is 10.0. The number of amides is 1. The number of aryl methyl sites for hydroxylation is 1. The normalized spacial score (nSPS) is 10.6. The van der Waals surface area contributed by atoms with Crippen LogP contribution < -0.4 is 10.2 Å². The third kappa shape index (κ3) is 6.29. The minimum atomic E-state index is -0.0963. The van der Waals surface area contributed by atoms with Crippen molar-refractivity contribution in [3.8, 4) is 0 Å². The molecule has 0 saturated carbocycles. The van der Waals surface area contributed by atoms with Gasteiger partial charge in [0, 0.05) is 55.6 Å². The first-order chi connectivity index (χ1) is 14.5. The lowest BCUT2D eigenvalue weighted by Gasteiger charge is -2.18. The molecule has 0 atom stereocenters. The average molecular weight is 422 g/mol. The molecule has 1 amide bonds. The highest BCUT2D eigenvalue weighted by molar-refractivity contribution is 7.98. The fourth-order valence-corrected chi connectivity index (χ4v) is 3.81. The lowest BCUT2D eigenvalue weighted by Crippen LogP contribution is -2.22. The Kier molecular flexibility index (Phi) is 7.79. The van der Waals surface area contributed by atoms with Gasteiger partial charge >= 0.3 is 0 Å². The van der Waals surface area contributed by atoms with E-state index in [0.29, 0.717) is 17.9 Å². The van der Waals surface area contributed by atoms with Crippen LogP contribution in [0.4, 0.5) is 5.82 Å². The van der Waals surface area contributed by atoms with Crippen LogP contribution in [0.25, 0.3) is 0 Å². The third-order valence-corrected chi connectivity index (χ3v) is 5.42. The summed E-state index contributed by atoms with van der Waals surface area (Å²) in [4.78, 5) is 27.9. The van der Waals surface area contributed by atoms with Crippen molar-refractivity contribution in [2.45, 2.75) is 37.7 Å². The Morgan fingerprint density at radius 3 is 2.73 bits per heavy atom. The highest BCUT2D eigenvalue weighted by atomic mass is 32.2. The zero-order valence-corrected chi connectivity index (χ0v) is 18.4. The summed E-state index contributed by atoms with van der Waals surface area (Å²) >= 11 is 1.58. The summed E-state index contributed by atoms with van der Waals surface area (Å²) in [5, 5.41) is 3.69. The highest BCUT2D eigenvalue weighted by Crippen LogP contribution is 2.23. The fourth-order valence-electron chi connectivity index (χ4n) is 2.97. The number of hydrogen-bond donors (Lipinski definition) is 1. The number of pyridine rings is 1. The van der Waals surface area contributed by atoms with Gasteiger partial charge in [0.05, 0.1) is 0 Å². The van der Waals surface area contributed by atoms with E-state index in [1.807, 2.05) is 56.4 Å². The van der Waals surface area contributed by atoms with Crippen LogP contribution in [-0.4, -0.2) is 34.5 Å². The SMILES string of the molecule is CCCN(C)c1cc(C)nc(SCc2cccc(C(=O)NCc3cccnc3)c2)n1. The van der Waals surface area contributed by atoms with Gasteiger partial charge in [0.2, 0.25) is 0 Å². The minimum absolute atomic E-state index is 0.0963. The van der Waals surface area contributed by atoms with E-state index in [0.717, 1.165) is 40.8 Å². The molecule has 3 aromatic rings. The molecule has 3 rings (SSSR count). The van der Waals surface area contributed by atoms with E-state index in [1.165, 1.54) is 0 Å². The Labute approximate surface area is 182 Å². The Morgan fingerprint density at radius 1 is 1.13 bits per heavy atom. The van der Waals surface area contributed by atoms with Gasteiger partial charge in [-0.15, -0.1) is 0 Å². The predicted molar refractivity (Wildman–Crippen MR) is 122 cm³/mol. The van der Waals surface area contributed by atoms with Gasteiger partial charge in [-0.05, 0) is 42.7 Å². The molecule has 156 valence electrons. The van der Waals surface area contributed by atoms with Crippen LogP contribution >= 0.6 is 11.8 Å². The Bertz CT molecular complexity index is 980. The average Bonchev–Trinajstić information content (AvgIpc) is 2.77. The molecule has 0 saturated heterocycles. The molecule has 1 aromatic carbocycles. The van der Waals surface area contributed by atoms with Gasteiger partial charge in [-0.3, -0.25) is 9.78 Å². The molecule has 0 fully saturated rings. The second kappa shape index (κ2) is 10.7. The Morgan fingerprint density at radius 2 is 1.97 bits per heavy atom. The number of aromatic nitrogens is 3. The number of nitrogens with zero attached hydrogens (tertiary/aromatic N) is 4. The molecule has 0 aliphatic rings. The first-order valence-corrected chi connectivity index (χ1v) is 11.0. The van der Waals surface area contributed by atoms with Crippen LogP contribution in [-0.2, 0) is 12.3 Å². The molecule has 6 nitrogen and oxygen atoms in total. The van der Waals surface area contributed by atoms with Crippen LogP contribution in [0, 0.1) is 6.92 Å². The van der Waals surface area contributed by atoms with E-state index in [9.17, 15) is 4.79 Å². The molecule has 1 N–H and O–H groups in total. The van der Waals surface area contributed by atoms with E-state index in [1.54, 1.807) is 24.2 Å². The molecular weight excluding hydrogens is 394 g/mol. The highest BCUT2D eigenvalue weighted by Gasteiger charge is 2.09. The lowest BCUT2D eigenvalue weighted by molar-refractivity contribution is 0.0951. The molecular formula is C23H27N5OS. The predicted octanol–water partition coefficient (Wildman–Crippen LogP) is 4.25. The second-order valence-electron chi connectivity index (χ2n) is 7.10. The van der Waals surface area contributed by atoms with Crippen LogP contribution in [0.2, 0.25) is 0 Å². The monoisotopic (exact) mass is 421 g/mol. The van der Waals surface area contributed by atoms with Crippen molar-refractivity contribution < 1.29 is 4.79 Å². The molecule has 0 aliphatic heterocycles. The largest absolute Gasteiger partial charge is 0.360 e. The van der Waals surface area contributed by atoms with Crippen LogP contribution in [0.3, 0.4) is 0 Å². The van der Waals surface area contributed by atoms with E-state index < -0.39 is 0 Å². The van der Waals surface area contributed by atoms with Gasteiger partial charge in [0.1, 0.15) is 5.82 Å². The number of anilines is 1. The fraction of sp³-hybridized carbons (Fsp3) is 0.304. The maximum Gasteiger partial charge on any atom is 0.251 e. The molecule has 2 heterocycles. The molecule has 30 heavy (non-hydrogen) atoms. The van der Waals surface area contributed by atoms with Crippen molar-refractivity contribution >= 4 is 23.5 Å². The summed E-state index contributed by atoms with van der Waals surface area (Å²) in [6.07, 6.45) is 4.54. The zero-order chi connectivity index (χ0) is 21.3. The van der Waals surface area contributed by atoms with Gasteiger partial charge in [-0.1, -0.05) is 36.9 Å². The molecule has 0 unspecified atom stereocenters. The van der Waals surface area contributed by atoms with Crippen molar-refractivity contribution in [3.63, 3.8) is 0 Å². The van der Waals surface area contributed by atoms with Crippen molar-refractivity contribution in [3.05, 3.63) is 77.2 Å². The van der Waals surface area contributed by atoms with Crippen molar-refractivity contribution in [2.24, 2.45) is 0 Å². The first kappa shape index (κ1) is 21.8. The van der Waals surface area contributed by atoms with Gasteiger partial charge in [-0.2, -0.15) is 0 Å². The van der Waals surface area contributed by atoms with E-state index in [2.05, 4.69) is 32.1 Å². The number of benzene rings is 1. The van der Waals surface area contributed by atoms with Crippen LogP contribution in [0.1, 0.15) is 40.5 Å². The molecule has 0 aliphatic carbocycles. The zero-order valence-electron chi connectivity index (χ0n) is 17.6. The van der Waals surface area contributed by atoms with Crippen molar-refractivity contribution in [1.82, 2.24) is 20.3 Å². The van der Waals surface area contributed by atoms with Crippen molar-refractivity contribution in [1.29, 1.82) is 0 Å². The summed E-state index contributed by atoms with van der Waals surface area (Å²) in [6, 6.07) is 13.5. The number of hydrogen-bond acceptors (Lipinski definition) is 6. The van der Waals surface area contributed by atoms with Gasteiger partial charge in [0.25, 0.3) is 5.91 Å². The maximum absolute atomic E-state index is 12.5. The smallest absolute Gasteiger partial charge is 0.251 e. The maximum atomic E-state index is 12.5. The van der Waals surface area contributed by atoms with E-state index in [-0.39, 0.29) is 5.91 Å². The number of carbonyl (C=O) groups is 1. The summed E-state index contributed by atoms with van der Waals surface area (Å²) in [5.74, 6) is 1.54. The van der Waals surface area contributed by atoms with E-state index >= 15 is 0 Å². The number of nitrogens with one attached hydrogen (secondary N) is 1. The Balaban J connectivity index is 1.62. The molecule has 0 spiro atoms. The van der Waals surface area contributed by atoms with Gasteiger partial charge in [0.15, 0.2) is 5.16 Å². The number of rotatable bonds is 9. The van der Waals surface area contributed by atoms with E-state index in [4.69, 9.17) is 0 Å².